The first-order chi connectivity index (χ1) is 9.24. The van der Waals surface area contributed by atoms with Gasteiger partial charge in [0.2, 0.25) is 0 Å². The molecule has 0 fully saturated rings. The summed E-state index contributed by atoms with van der Waals surface area (Å²) >= 11 is 3.00. The number of carbonyl (C=O) groups is 2. The number of rotatable bonds is 4. The first-order valence-electron chi connectivity index (χ1n) is 5.43. The average Bonchev–Trinajstić information content (AvgIpc) is 3.07. The Kier molecular flexibility index (Phi) is 4.83. The van der Waals surface area contributed by atoms with E-state index < -0.39 is 11.9 Å². The van der Waals surface area contributed by atoms with Gasteiger partial charge in [-0.2, -0.15) is 0 Å². The van der Waals surface area contributed by atoms with Crippen LogP contribution in [-0.2, 0) is 14.3 Å². The Hall–Kier alpha value is -1.98. The van der Waals surface area contributed by atoms with Crippen LogP contribution in [0.1, 0.15) is 9.75 Å². The van der Waals surface area contributed by atoms with E-state index in [0.29, 0.717) is 0 Å². The first kappa shape index (κ1) is 13.5. The third kappa shape index (κ3) is 4.65. The molecule has 96 valence electrons. The van der Waals surface area contributed by atoms with Gasteiger partial charge in [0.1, 0.15) is 0 Å². The number of carbonyl (C=O) groups excluding carboxylic acids is 2. The molecule has 0 aliphatic heterocycles. The van der Waals surface area contributed by atoms with Crippen molar-refractivity contribution in [3.05, 3.63) is 56.9 Å². The summed E-state index contributed by atoms with van der Waals surface area (Å²) in [5, 5.41) is 3.81. The predicted molar refractivity (Wildman–Crippen MR) is 77.8 cm³/mol. The summed E-state index contributed by atoms with van der Waals surface area (Å²) in [5.41, 5.74) is 0. The van der Waals surface area contributed by atoms with Crippen LogP contribution in [0.3, 0.4) is 0 Å². The molecule has 19 heavy (non-hydrogen) atoms. The quantitative estimate of drug-likeness (QED) is 0.491. The van der Waals surface area contributed by atoms with Crippen LogP contribution in [0.5, 0.6) is 0 Å². The number of ether oxygens (including phenoxy) is 1. The summed E-state index contributed by atoms with van der Waals surface area (Å²) in [4.78, 5) is 24.6. The fourth-order valence-electron chi connectivity index (χ4n) is 1.24. The van der Waals surface area contributed by atoms with Gasteiger partial charge in [-0.25, -0.2) is 9.59 Å². The second-order valence-electron chi connectivity index (χ2n) is 3.44. The average molecular weight is 290 g/mol. The highest BCUT2D eigenvalue weighted by atomic mass is 32.1. The summed E-state index contributed by atoms with van der Waals surface area (Å²) < 4.78 is 4.60. The smallest absolute Gasteiger partial charge is 0.338 e. The van der Waals surface area contributed by atoms with Gasteiger partial charge in [0.05, 0.1) is 0 Å². The Morgan fingerprint density at radius 2 is 1.37 bits per heavy atom. The van der Waals surface area contributed by atoms with Gasteiger partial charge in [-0.05, 0) is 35.0 Å². The molecule has 0 aliphatic carbocycles. The lowest BCUT2D eigenvalue weighted by Crippen LogP contribution is -2.06. The fourth-order valence-corrected chi connectivity index (χ4v) is 2.48. The molecule has 5 heteroatoms. The van der Waals surface area contributed by atoms with E-state index in [2.05, 4.69) is 4.74 Å². The minimum atomic E-state index is -0.672. The maximum atomic E-state index is 11.4. The first-order valence-corrected chi connectivity index (χ1v) is 7.19. The Balaban J connectivity index is 1.83. The lowest BCUT2D eigenvalue weighted by atomic mass is 10.4. The van der Waals surface area contributed by atoms with Gasteiger partial charge >= 0.3 is 11.9 Å². The van der Waals surface area contributed by atoms with Crippen molar-refractivity contribution in [3.8, 4) is 0 Å². The Morgan fingerprint density at radius 3 is 1.74 bits per heavy atom. The molecule has 0 aliphatic rings. The summed E-state index contributed by atoms with van der Waals surface area (Å²) in [5.74, 6) is -1.34. The standard InChI is InChI=1S/C14H10O3S2/c15-13(7-5-11-3-1-9-18-11)17-14(16)8-6-12-4-2-10-19-12/h1-10H/b7-5+,8-6+. The zero-order valence-corrected chi connectivity index (χ0v) is 11.4. The molecule has 0 unspecified atom stereocenters. The number of thiophene rings is 2. The molecule has 0 atom stereocenters. The zero-order chi connectivity index (χ0) is 13.5. The van der Waals surface area contributed by atoms with Crippen molar-refractivity contribution in [3.63, 3.8) is 0 Å². The highest BCUT2D eigenvalue weighted by molar-refractivity contribution is 7.11. The molecule has 0 amide bonds. The maximum Gasteiger partial charge on any atom is 0.338 e. The maximum absolute atomic E-state index is 11.4. The van der Waals surface area contributed by atoms with E-state index in [4.69, 9.17) is 0 Å². The highest BCUT2D eigenvalue weighted by Crippen LogP contribution is 2.11. The summed E-state index contributed by atoms with van der Waals surface area (Å²) in [6, 6.07) is 7.50. The van der Waals surface area contributed by atoms with Crippen LogP contribution in [-0.4, -0.2) is 11.9 Å². The van der Waals surface area contributed by atoms with Crippen molar-refractivity contribution in [2.45, 2.75) is 0 Å². The molecular formula is C14H10O3S2. The molecule has 0 saturated heterocycles. The number of esters is 2. The highest BCUT2D eigenvalue weighted by Gasteiger charge is 2.03. The largest absolute Gasteiger partial charge is 0.387 e. The van der Waals surface area contributed by atoms with Crippen molar-refractivity contribution in [2.75, 3.05) is 0 Å². The van der Waals surface area contributed by atoms with E-state index in [1.807, 2.05) is 35.0 Å². The van der Waals surface area contributed by atoms with Crippen molar-refractivity contribution < 1.29 is 14.3 Å². The van der Waals surface area contributed by atoms with Crippen LogP contribution in [0.15, 0.2) is 47.2 Å². The van der Waals surface area contributed by atoms with Crippen LogP contribution < -0.4 is 0 Å². The van der Waals surface area contributed by atoms with Crippen molar-refractivity contribution in [2.24, 2.45) is 0 Å². The SMILES string of the molecule is O=C(/C=C/c1cccs1)OC(=O)/C=C/c1cccs1. The topological polar surface area (TPSA) is 43.4 Å². The molecule has 3 nitrogen and oxygen atoms in total. The van der Waals surface area contributed by atoms with Gasteiger partial charge in [0.25, 0.3) is 0 Å². The zero-order valence-electron chi connectivity index (χ0n) is 9.81. The second-order valence-corrected chi connectivity index (χ2v) is 5.40. The second kappa shape index (κ2) is 6.82. The van der Waals surface area contributed by atoms with Crippen LogP contribution in [0.2, 0.25) is 0 Å². The van der Waals surface area contributed by atoms with Gasteiger partial charge in [0, 0.05) is 21.9 Å². The van der Waals surface area contributed by atoms with E-state index in [0.717, 1.165) is 9.75 Å². The lowest BCUT2D eigenvalue weighted by Gasteiger charge is -1.93. The number of hydrogen-bond donors (Lipinski definition) is 0. The van der Waals surface area contributed by atoms with Gasteiger partial charge in [-0.3, -0.25) is 0 Å². The Bertz CT molecular complexity index is 538. The van der Waals surface area contributed by atoms with E-state index in [1.54, 1.807) is 12.2 Å². The fraction of sp³-hybridized carbons (Fsp3) is 0. The molecule has 0 aromatic carbocycles. The third-order valence-electron chi connectivity index (χ3n) is 2.05. The minimum absolute atomic E-state index is 0.672. The summed E-state index contributed by atoms with van der Waals surface area (Å²) in [7, 11) is 0. The van der Waals surface area contributed by atoms with Crippen LogP contribution in [0, 0.1) is 0 Å². The molecule has 0 N–H and O–H groups in total. The van der Waals surface area contributed by atoms with Gasteiger partial charge in [-0.15, -0.1) is 22.7 Å². The summed E-state index contributed by atoms with van der Waals surface area (Å²) in [6.45, 7) is 0. The van der Waals surface area contributed by atoms with Gasteiger partial charge in [-0.1, -0.05) is 12.1 Å². The van der Waals surface area contributed by atoms with Crippen molar-refractivity contribution in [1.82, 2.24) is 0 Å². The van der Waals surface area contributed by atoms with Crippen LogP contribution >= 0.6 is 22.7 Å². The van der Waals surface area contributed by atoms with E-state index in [1.165, 1.54) is 34.8 Å². The van der Waals surface area contributed by atoms with E-state index in [9.17, 15) is 9.59 Å². The summed E-state index contributed by atoms with van der Waals surface area (Å²) in [6.07, 6.45) is 5.71. The molecule has 0 saturated carbocycles. The van der Waals surface area contributed by atoms with Crippen LogP contribution in [0.4, 0.5) is 0 Å². The van der Waals surface area contributed by atoms with E-state index in [-0.39, 0.29) is 0 Å². The molecule has 2 aromatic rings. The normalized spacial score (nSPS) is 11.2. The molecule has 0 radical (unpaired) electrons. The molecule has 0 bridgehead atoms. The molecule has 0 spiro atoms. The monoisotopic (exact) mass is 290 g/mol. The van der Waals surface area contributed by atoms with Crippen molar-refractivity contribution >= 4 is 46.8 Å². The lowest BCUT2D eigenvalue weighted by molar-refractivity contribution is -0.152. The minimum Gasteiger partial charge on any atom is -0.387 e. The van der Waals surface area contributed by atoms with Crippen molar-refractivity contribution in [1.29, 1.82) is 0 Å². The predicted octanol–water partition coefficient (Wildman–Crippen LogP) is 3.61. The van der Waals surface area contributed by atoms with Gasteiger partial charge < -0.3 is 4.74 Å². The van der Waals surface area contributed by atoms with Gasteiger partial charge in [0.15, 0.2) is 0 Å². The van der Waals surface area contributed by atoms with E-state index >= 15 is 0 Å². The Morgan fingerprint density at radius 1 is 0.895 bits per heavy atom. The molecule has 2 heterocycles. The van der Waals surface area contributed by atoms with Crippen LogP contribution in [0.25, 0.3) is 12.2 Å². The molecule has 2 rings (SSSR count). The Labute approximate surface area is 118 Å². The molecular weight excluding hydrogens is 280 g/mol. The third-order valence-corrected chi connectivity index (χ3v) is 3.73. The number of hydrogen-bond acceptors (Lipinski definition) is 5. The molecule has 2 aromatic heterocycles.